The zero-order valence-electron chi connectivity index (χ0n) is 19.3. The largest absolute Gasteiger partial charge is 0.492 e. The van der Waals surface area contributed by atoms with Gasteiger partial charge in [-0.05, 0) is 48.2 Å². The first-order valence-corrected chi connectivity index (χ1v) is 11.0. The fourth-order valence-corrected chi connectivity index (χ4v) is 3.14. The minimum Gasteiger partial charge on any atom is -0.492 e. The summed E-state index contributed by atoms with van der Waals surface area (Å²) >= 11 is 0. The average molecular weight is 462 g/mol. The Kier molecular flexibility index (Phi) is 10.6. The van der Waals surface area contributed by atoms with Crippen LogP contribution in [0.1, 0.15) is 31.9 Å². The van der Waals surface area contributed by atoms with Gasteiger partial charge in [0.15, 0.2) is 6.10 Å². The summed E-state index contributed by atoms with van der Waals surface area (Å²) in [6.45, 7) is 7.29. The molecule has 0 saturated carbocycles. The van der Waals surface area contributed by atoms with Crippen LogP contribution < -0.4 is 4.74 Å². The summed E-state index contributed by atoms with van der Waals surface area (Å²) in [7, 11) is 0. The van der Waals surface area contributed by atoms with E-state index in [2.05, 4.69) is 0 Å². The van der Waals surface area contributed by atoms with E-state index < -0.39 is 18.2 Å². The number of carboxylic acids is 1. The van der Waals surface area contributed by atoms with E-state index in [1.54, 1.807) is 48.2 Å². The molecule has 0 aromatic heterocycles. The van der Waals surface area contributed by atoms with E-state index >= 15 is 0 Å². The van der Waals surface area contributed by atoms with Crippen LogP contribution in [0, 0.1) is 11.7 Å². The van der Waals surface area contributed by atoms with Crippen LogP contribution in [-0.4, -0.2) is 54.5 Å². The zero-order chi connectivity index (χ0) is 24.2. The summed E-state index contributed by atoms with van der Waals surface area (Å²) < 4.78 is 29.4. The lowest BCUT2D eigenvalue weighted by molar-refractivity contribution is -0.149. The van der Waals surface area contributed by atoms with Crippen LogP contribution in [0.25, 0.3) is 0 Å². The van der Waals surface area contributed by atoms with Crippen molar-refractivity contribution >= 4 is 12.1 Å². The monoisotopic (exact) mass is 461 g/mol. The zero-order valence-corrected chi connectivity index (χ0v) is 19.3. The molecule has 1 N–H and O–H groups in total. The first kappa shape index (κ1) is 26.1. The molecule has 33 heavy (non-hydrogen) atoms. The quantitative estimate of drug-likeness (QED) is 0.472. The lowest BCUT2D eigenvalue weighted by Gasteiger charge is -2.24. The predicted octanol–water partition coefficient (Wildman–Crippen LogP) is 4.53. The summed E-state index contributed by atoms with van der Waals surface area (Å²) in [5.41, 5.74) is 1.54. The fraction of sp³-hybridized carbons (Fsp3) is 0.440. The molecule has 8 heteroatoms. The highest BCUT2D eigenvalue weighted by Crippen LogP contribution is 2.15. The number of rotatable bonds is 13. The number of carbonyl (C=O) groups excluding carboxylic acids is 1. The molecular weight excluding hydrogens is 429 g/mol. The second-order valence-electron chi connectivity index (χ2n) is 8.00. The van der Waals surface area contributed by atoms with Gasteiger partial charge in [-0.2, -0.15) is 0 Å². The molecule has 2 aromatic rings. The van der Waals surface area contributed by atoms with Crippen molar-refractivity contribution in [3.63, 3.8) is 0 Å². The Morgan fingerprint density at radius 3 is 2.24 bits per heavy atom. The van der Waals surface area contributed by atoms with E-state index in [1.165, 1.54) is 12.1 Å². The number of carboxylic acid groups (broad SMARTS) is 1. The Morgan fingerprint density at radius 1 is 1.03 bits per heavy atom. The minimum atomic E-state index is -0.992. The standard InChI is InChI=1S/C25H32FNO6/c1-4-31-23(24(28)29)15-19-7-11-22(12-8-19)32-14-13-27(16-18(2)3)25(30)33-17-20-5-9-21(26)10-6-20/h5-12,18,23H,4,13-17H2,1-3H3,(H,28,29). The molecular formula is C25H32FNO6. The van der Waals surface area contributed by atoms with Gasteiger partial charge in [0.2, 0.25) is 0 Å². The third-order valence-corrected chi connectivity index (χ3v) is 4.74. The maximum atomic E-state index is 13.0. The smallest absolute Gasteiger partial charge is 0.410 e. The Hall–Kier alpha value is -3.13. The van der Waals surface area contributed by atoms with Gasteiger partial charge in [0.05, 0.1) is 6.54 Å². The second kappa shape index (κ2) is 13.4. The molecule has 0 aliphatic carbocycles. The number of carbonyl (C=O) groups is 2. The molecule has 2 rings (SSSR count). The number of amides is 1. The Balaban J connectivity index is 1.85. The molecule has 0 bridgehead atoms. The molecule has 1 amide bonds. The SMILES string of the molecule is CCOC(Cc1ccc(OCCN(CC(C)C)C(=O)OCc2ccc(F)cc2)cc1)C(=O)O. The van der Waals surface area contributed by atoms with Crippen LogP contribution >= 0.6 is 0 Å². The molecule has 0 spiro atoms. The predicted molar refractivity (Wildman–Crippen MR) is 122 cm³/mol. The topological polar surface area (TPSA) is 85.3 Å². The molecule has 180 valence electrons. The summed E-state index contributed by atoms with van der Waals surface area (Å²) in [4.78, 5) is 25.3. The van der Waals surface area contributed by atoms with Crippen LogP contribution in [0.4, 0.5) is 9.18 Å². The number of hydrogen-bond acceptors (Lipinski definition) is 5. The first-order chi connectivity index (χ1) is 15.8. The van der Waals surface area contributed by atoms with Gasteiger partial charge in [-0.15, -0.1) is 0 Å². The maximum absolute atomic E-state index is 13.0. The van der Waals surface area contributed by atoms with Crippen LogP contribution in [0.5, 0.6) is 5.75 Å². The van der Waals surface area contributed by atoms with Crippen LogP contribution in [-0.2, 0) is 27.3 Å². The molecule has 0 heterocycles. The number of halogens is 1. The van der Waals surface area contributed by atoms with E-state index in [4.69, 9.17) is 14.2 Å². The molecule has 0 saturated heterocycles. The van der Waals surface area contributed by atoms with Gasteiger partial charge in [0.1, 0.15) is 24.8 Å². The minimum absolute atomic E-state index is 0.0646. The Bertz CT molecular complexity index is 869. The second-order valence-corrected chi connectivity index (χ2v) is 8.00. The molecule has 0 fully saturated rings. The number of aliphatic carboxylic acids is 1. The van der Waals surface area contributed by atoms with Crippen molar-refractivity contribution in [1.82, 2.24) is 4.90 Å². The van der Waals surface area contributed by atoms with Crippen LogP contribution in [0.3, 0.4) is 0 Å². The van der Waals surface area contributed by atoms with Gasteiger partial charge in [0, 0.05) is 19.6 Å². The third kappa shape index (κ3) is 9.49. The van der Waals surface area contributed by atoms with Crippen molar-refractivity contribution in [2.24, 2.45) is 5.92 Å². The lowest BCUT2D eigenvalue weighted by Crippen LogP contribution is -2.37. The number of ether oxygens (including phenoxy) is 3. The maximum Gasteiger partial charge on any atom is 0.410 e. The number of benzene rings is 2. The van der Waals surface area contributed by atoms with E-state index in [-0.39, 0.29) is 31.4 Å². The highest BCUT2D eigenvalue weighted by molar-refractivity contribution is 5.72. The summed E-state index contributed by atoms with van der Waals surface area (Å²) in [6.07, 6.45) is -1.07. The fourth-order valence-electron chi connectivity index (χ4n) is 3.14. The highest BCUT2D eigenvalue weighted by atomic mass is 19.1. The Labute approximate surface area is 194 Å². The normalized spacial score (nSPS) is 11.8. The van der Waals surface area contributed by atoms with Gasteiger partial charge in [-0.25, -0.2) is 14.0 Å². The molecule has 0 aliphatic heterocycles. The van der Waals surface area contributed by atoms with E-state index in [9.17, 15) is 19.1 Å². The van der Waals surface area contributed by atoms with E-state index in [1.807, 2.05) is 13.8 Å². The average Bonchev–Trinajstić information content (AvgIpc) is 2.78. The first-order valence-electron chi connectivity index (χ1n) is 11.0. The summed E-state index contributed by atoms with van der Waals surface area (Å²) in [5, 5.41) is 9.20. The third-order valence-electron chi connectivity index (χ3n) is 4.74. The van der Waals surface area contributed by atoms with Crippen molar-refractivity contribution in [1.29, 1.82) is 0 Å². The number of nitrogens with zero attached hydrogens (tertiary/aromatic N) is 1. The highest BCUT2D eigenvalue weighted by Gasteiger charge is 2.18. The van der Waals surface area contributed by atoms with Gasteiger partial charge < -0.3 is 24.2 Å². The van der Waals surface area contributed by atoms with Crippen LogP contribution in [0.2, 0.25) is 0 Å². The van der Waals surface area contributed by atoms with Gasteiger partial charge in [-0.3, -0.25) is 0 Å². The molecule has 7 nitrogen and oxygen atoms in total. The summed E-state index contributed by atoms with van der Waals surface area (Å²) in [6, 6.07) is 12.9. The molecule has 1 unspecified atom stereocenters. The van der Waals surface area contributed by atoms with Gasteiger partial charge in [-0.1, -0.05) is 38.1 Å². The Morgan fingerprint density at radius 2 is 1.67 bits per heavy atom. The van der Waals surface area contributed by atoms with Gasteiger partial charge in [0.25, 0.3) is 0 Å². The summed E-state index contributed by atoms with van der Waals surface area (Å²) in [5.74, 6) is -0.470. The van der Waals surface area contributed by atoms with Crippen molar-refractivity contribution in [2.75, 3.05) is 26.3 Å². The van der Waals surface area contributed by atoms with Crippen molar-refractivity contribution in [3.8, 4) is 5.75 Å². The van der Waals surface area contributed by atoms with Crippen molar-refractivity contribution < 1.29 is 33.3 Å². The molecule has 2 aromatic carbocycles. The van der Waals surface area contributed by atoms with Gasteiger partial charge >= 0.3 is 12.1 Å². The van der Waals surface area contributed by atoms with E-state index in [0.717, 1.165) is 5.56 Å². The van der Waals surface area contributed by atoms with Crippen molar-refractivity contribution in [2.45, 2.75) is 39.9 Å². The molecule has 0 aliphatic rings. The number of hydrogen-bond donors (Lipinski definition) is 1. The molecule has 0 radical (unpaired) electrons. The lowest BCUT2D eigenvalue weighted by atomic mass is 10.1. The van der Waals surface area contributed by atoms with E-state index in [0.29, 0.717) is 31.0 Å². The molecule has 1 atom stereocenters. The van der Waals surface area contributed by atoms with Crippen LogP contribution in [0.15, 0.2) is 48.5 Å². The van der Waals surface area contributed by atoms with Crippen molar-refractivity contribution in [3.05, 3.63) is 65.5 Å².